The second kappa shape index (κ2) is 7.38. The number of hydrogen-bond acceptors (Lipinski definition) is 2. The second-order valence-electron chi connectivity index (χ2n) is 5.68. The first kappa shape index (κ1) is 15.0. The lowest BCUT2D eigenvalue weighted by Crippen LogP contribution is -2.59. The average Bonchev–Trinajstić information content (AvgIpc) is 2.38. The summed E-state index contributed by atoms with van der Waals surface area (Å²) in [6.07, 6.45) is 10.5. The first-order valence-corrected chi connectivity index (χ1v) is 7.70. The van der Waals surface area contributed by atoms with Crippen LogP contribution in [0.25, 0.3) is 0 Å². The van der Waals surface area contributed by atoms with Crippen molar-refractivity contribution in [1.82, 2.24) is 4.90 Å². The van der Waals surface area contributed by atoms with Crippen molar-refractivity contribution in [3.05, 3.63) is 0 Å². The lowest BCUT2D eigenvalue weighted by atomic mass is 9.82. The maximum absolute atomic E-state index is 6.19. The monoisotopic (exact) mass is 240 g/mol. The summed E-state index contributed by atoms with van der Waals surface area (Å²) >= 11 is 0. The first-order valence-electron chi connectivity index (χ1n) is 7.70. The van der Waals surface area contributed by atoms with Crippen molar-refractivity contribution in [1.29, 1.82) is 0 Å². The highest BCUT2D eigenvalue weighted by atomic mass is 15.2. The van der Waals surface area contributed by atoms with E-state index in [4.69, 9.17) is 5.73 Å². The Morgan fingerprint density at radius 2 is 1.76 bits per heavy atom. The molecule has 0 bridgehead atoms. The first-order chi connectivity index (χ1) is 8.24. The van der Waals surface area contributed by atoms with E-state index in [1.807, 2.05) is 0 Å². The summed E-state index contributed by atoms with van der Waals surface area (Å²) in [6.45, 7) is 9.04. The Morgan fingerprint density at radius 1 is 1.12 bits per heavy atom. The summed E-state index contributed by atoms with van der Waals surface area (Å²) in [5.41, 5.74) is 6.48. The van der Waals surface area contributed by atoms with E-state index in [1.54, 1.807) is 0 Å². The minimum Gasteiger partial charge on any atom is -0.329 e. The minimum atomic E-state index is 0.296. The van der Waals surface area contributed by atoms with Crippen molar-refractivity contribution < 1.29 is 0 Å². The molecular formula is C15H32N2. The number of nitrogens with two attached hydrogens (primary N) is 1. The van der Waals surface area contributed by atoms with Gasteiger partial charge in [-0.05, 0) is 38.6 Å². The van der Waals surface area contributed by atoms with E-state index >= 15 is 0 Å². The molecule has 1 rings (SSSR count). The van der Waals surface area contributed by atoms with Crippen molar-refractivity contribution in [3.63, 3.8) is 0 Å². The van der Waals surface area contributed by atoms with Crippen LogP contribution in [0.15, 0.2) is 0 Å². The number of nitrogens with zero attached hydrogens (tertiary/aromatic N) is 1. The van der Waals surface area contributed by atoms with Crippen molar-refractivity contribution >= 4 is 0 Å². The third-order valence-electron chi connectivity index (χ3n) is 4.52. The molecule has 1 saturated heterocycles. The molecule has 1 fully saturated rings. The maximum Gasteiger partial charge on any atom is 0.0334 e. The van der Waals surface area contributed by atoms with Gasteiger partial charge in [-0.25, -0.2) is 0 Å². The SMILES string of the molecule is CCCC(CN)(CCC)N1CCCCC1CC. The molecule has 0 saturated carbocycles. The van der Waals surface area contributed by atoms with E-state index in [-0.39, 0.29) is 0 Å². The van der Waals surface area contributed by atoms with Gasteiger partial charge in [-0.1, -0.05) is 40.0 Å². The molecule has 0 spiro atoms. The van der Waals surface area contributed by atoms with Crippen molar-refractivity contribution in [3.8, 4) is 0 Å². The smallest absolute Gasteiger partial charge is 0.0334 e. The summed E-state index contributed by atoms with van der Waals surface area (Å²) in [5, 5.41) is 0. The quantitative estimate of drug-likeness (QED) is 0.737. The average molecular weight is 240 g/mol. The topological polar surface area (TPSA) is 29.3 Å². The third-order valence-corrected chi connectivity index (χ3v) is 4.52. The lowest BCUT2D eigenvalue weighted by molar-refractivity contribution is 0.00725. The highest BCUT2D eigenvalue weighted by Crippen LogP contribution is 2.33. The van der Waals surface area contributed by atoms with E-state index in [0.717, 1.165) is 12.6 Å². The van der Waals surface area contributed by atoms with Crippen LogP contribution in [0.2, 0.25) is 0 Å². The predicted octanol–water partition coefficient (Wildman–Crippen LogP) is 3.55. The van der Waals surface area contributed by atoms with Crippen molar-refractivity contribution in [2.45, 2.75) is 83.7 Å². The van der Waals surface area contributed by atoms with Crippen LogP contribution < -0.4 is 5.73 Å². The third kappa shape index (κ3) is 3.45. The molecule has 0 aromatic carbocycles. The zero-order valence-electron chi connectivity index (χ0n) is 12.2. The fourth-order valence-corrected chi connectivity index (χ4v) is 3.71. The summed E-state index contributed by atoms with van der Waals surface area (Å²) in [5.74, 6) is 0. The van der Waals surface area contributed by atoms with Gasteiger partial charge in [-0.3, -0.25) is 4.90 Å². The van der Waals surface area contributed by atoms with Gasteiger partial charge in [0.05, 0.1) is 0 Å². The summed E-state index contributed by atoms with van der Waals surface area (Å²) in [4.78, 5) is 2.78. The molecule has 2 nitrogen and oxygen atoms in total. The predicted molar refractivity (Wildman–Crippen MR) is 76.2 cm³/mol. The molecule has 0 aromatic rings. The molecular weight excluding hydrogens is 208 g/mol. The van der Waals surface area contributed by atoms with E-state index in [9.17, 15) is 0 Å². The minimum absolute atomic E-state index is 0.296. The molecule has 0 aliphatic carbocycles. The van der Waals surface area contributed by atoms with Gasteiger partial charge in [0.25, 0.3) is 0 Å². The molecule has 0 amide bonds. The van der Waals surface area contributed by atoms with Gasteiger partial charge in [0.2, 0.25) is 0 Å². The maximum atomic E-state index is 6.19. The Labute approximate surface area is 108 Å². The zero-order valence-corrected chi connectivity index (χ0v) is 12.2. The Hall–Kier alpha value is -0.0800. The second-order valence-corrected chi connectivity index (χ2v) is 5.68. The molecule has 1 heterocycles. The van der Waals surface area contributed by atoms with Crippen molar-refractivity contribution in [2.75, 3.05) is 13.1 Å². The summed E-state index contributed by atoms with van der Waals surface area (Å²) in [6, 6.07) is 0.783. The Kier molecular flexibility index (Phi) is 6.50. The van der Waals surface area contributed by atoms with Gasteiger partial charge in [-0.15, -0.1) is 0 Å². The fraction of sp³-hybridized carbons (Fsp3) is 1.00. The van der Waals surface area contributed by atoms with E-state index in [0.29, 0.717) is 5.54 Å². The van der Waals surface area contributed by atoms with Gasteiger partial charge >= 0.3 is 0 Å². The van der Waals surface area contributed by atoms with Crippen LogP contribution >= 0.6 is 0 Å². The fourth-order valence-electron chi connectivity index (χ4n) is 3.71. The van der Waals surface area contributed by atoms with Crippen LogP contribution in [0.3, 0.4) is 0 Å². The lowest BCUT2D eigenvalue weighted by Gasteiger charge is -2.50. The van der Waals surface area contributed by atoms with Gasteiger partial charge in [0, 0.05) is 18.1 Å². The van der Waals surface area contributed by atoms with Gasteiger partial charge in [0.1, 0.15) is 0 Å². The van der Waals surface area contributed by atoms with Crippen LogP contribution in [0, 0.1) is 0 Å². The number of piperidine rings is 1. The molecule has 1 aliphatic heterocycles. The van der Waals surface area contributed by atoms with Crippen LogP contribution in [-0.2, 0) is 0 Å². The largest absolute Gasteiger partial charge is 0.329 e. The van der Waals surface area contributed by atoms with Crippen LogP contribution in [-0.4, -0.2) is 29.6 Å². The standard InChI is InChI=1S/C15H32N2/c1-4-10-15(13-16,11-5-2)17-12-8-7-9-14(17)6-3/h14H,4-13,16H2,1-3H3. The number of hydrogen-bond donors (Lipinski definition) is 1. The Balaban J connectivity index is 2.84. The van der Waals surface area contributed by atoms with Crippen molar-refractivity contribution in [2.24, 2.45) is 5.73 Å². The molecule has 0 radical (unpaired) electrons. The summed E-state index contributed by atoms with van der Waals surface area (Å²) in [7, 11) is 0. The van der Waals surface area contributed by atoms with Crippen LogP contribution in [0.1, 0.15) is 72.1 Å². The van der Waals surface area contributed by atoms with Crippen LogP contribution in [0.5, 0.6) is 0 Å². The Bertz CT molecular complexity index is 197. The van der Waals surface area contributed by atoms with E-state index in [1.165, 1.54) is 57.9 Å². The number of rotatable bonds is 7. The van der Waals surface area contributed by atoms with E-state index < -0.39 is 0 Å². The zero-order chi connectivity index (χ0) is 12.7. The molecule has 0 aromatic heterocycles. The molecule has 1 unspecified atom stereocenters. The van der Waals surface area contributed by atoms with Gasteiger partial charge in [-0.2, -0.15) is 0 Å². The summed E-state index contributed by atoms with van der Waals surface area (Å²) < 4.78 is 0. The molecule has 1 aliphatic rings. The normalized spacial score (nSPS) is 22.9. The molecule has 102 valence electrons. The van der Waals surface area contributed by atoms with Gasteiger partial charge < -0.3 is 5.73 Å². The molecule has 2 N–H and O–H groups in total. The number of likely N-dealkylation sites (tertiary alicyclic amines) is 1. The highest BCUT2D eigenvalue weighted by Gasteiger charge is 2.38. The highest BCUT2D eigenvalue weighted by molar-refractivity contribution is 4.95. The molecule has 17 heavy (non-hydrogen) atoms. The van der Waals surface area contributed by atoms with Crippen LogP contribution in [0.4, 0.5) is 0 Å². The molecule has 2 heteroatoms. The van der Waals surface area contributed by atoms with Gasteiger partial charge in [0.15, 0.2) is 0 Å². The Morgan fingerprint density at radius 3 is 2.24 bits per heavy atom. The van der Waals surface area contributed by atoms with E-state index in [2.05, 4.69) is 25.7 Å². The molecule has 1 atom stereocenters.